The largest absolute Gasteiger partial charge is 0.493 e. The molecule has 1 aromatic rings. The van der Waals surface area contributed by atoms with Gasteiger partial charge >= 0.3 is 5.97 Å². The van der Waals surface area contributed by atoms with Crippen LogP contribution >= 0.6 is 11.8 Å². The van der Waals surface area contributed by atoms with Gasteiger partial charge in [-0.05, 0) is 36.3 Å². The zero-order valence-corrected chi connectivity index (χ0v) is 14.6. The van der Waals surface area contributed by atoms with Crippen LogP contribution in [0.25, 0.3) is 6.08 Å². The number of amides is 1. The molecule has 0 aromatic heterocycles. The Kier molecular flexibility index (Phi) is 5.88. The van der Waals surface area contributed by atoms with Crippen LogP contribution in [0.4, 0.5) is 0 Å². The molecular weight excluding hydrogens is 328 g/mol. The molecular formula is C17H18N2O4S. The quantitative estimate of drug-likeness (QED) is 0.360. The fraction of sp³-hybridized carbons (Fsp3) is 0.353. The van der Waals surface area contributed by atoms with Crippen molar-refractivity contribution in [1.29, 1.82) is 5.26 Å². The Balaban J connectivity index is 2.35. The van der Waals surface area contributed by atoms with E-state index in [1.54, 1.807) is 19.1 Å². The average molecular weight is 346 g/mol. The summed E-state index contributed by atoms with van der Waals surface area (Å²) in [6, 6.07) is 5.55. The minimum Gasteiger partial charge on any atom is -0.493 e. The normalized spacial score (nSPS) is 16.0. The van der Waals surface area contributed by atoms with Crippen LogP contribution in [0.5, 0.6) is 11.5 Å². The van der Waals surface area contributed by atoms with Crippen LogP contribution in [-0.4, -0.2) is 42.7 Å². The summed E-state index contributed by atoms with van der Waals surface area (Å²) in [6.07, 6.45) is 1.77. The second kappa shape index (κ2) is 7.88. The summed E-state index contributed by atoms with van der Waals surface area (Å²) in [5, 5.41) is 8.79. The number of aryl methyl sites for hydroxylation is 1. The molecule has 1 fully saturated rings. The molecule has 2 rings (SSSR count). The molecule has 1 aliphatic heterocycles. The van der Waals surface area contributed by atoms with Crippen molar-refractivity contribution in [3.8, 4) is 17.6 Å². The van der Waals surface area contributed by atoms with Gasteiger partial charge in [-0.2, -0.15) is 5.26 Å². The predicted octanol–water partition coefficient (Wildman–Crippen LogP) is 2.37. The molecule has 126 valence electrons. The van der Waals surface area contributed by atoms with Crippen LogP contribution in [0.1, 0.15) is 18.1 Å². The molecule has 0 unspecified atom stereocenters. The molecule has 1 aromatic carbocycles. The van der Waals surface area contributed by atoms with Gasteiger partial charge < -0.3 is 14.4 Å². The van der Waals surface area contributed by atoms with Gasteiger partial charge in [-0.25, -0.2) is 0 Å². The molecule has 7 heteroatoms. The van der Waals surface area contributed by atoms with Gasteiger partial charge in [0.2, 0.25) is 0 Å². The lowest BCUT2D eigenvalue weighted by molar-refractivity contribution is -0.132. The highest BCUT2D eigenvalue weighted by Crippen LogP contribution is 2.34. The number of hydrogen-bond acceptors (Lipinski definition) is 6. The van der Waals surface area contributed by atoms with Crippen LogP contribution < -0.4 is 9.47 Å². The summed E-state index contributed by atoms with van der Waals surface area (Å²) in [4.78, 5) is 25.7. The fourth-order valence-electron chi connectivity index (χ4n) is 2.35. The zero-order valence-electron chi connectivity index (χ0n) is 13.8. The first-order valence-electron chi connectivity index (χ1n) is 7.34. The van der Waals surface area contributed by atoms with E-state index in [-0.39, 0.29) is 12.5 Å². The number of methoxy groups -OCH3 is 1. The number of nitriles is 1. The number of rotatable bonds is 4. The van der Waals surface area contributed by atoms with Crippen molar-refractivity contribution in [2.45, 2.75) is 13.8 Å². The smallest absolute Gasteiger partial charge is 0.308 e. The van der Waals surface area contributed by atoms with Crippen LogP contribution in [0.3, 0.4) is 0 Å². The van der Waals surface area contributed by atoms with E-state index in [1.807, 2.05) is 12.1 Å². The van der Waals surface area contributed by atoms with E-state index >= 15 is 0 Å². The second-order valence-electron chi connectivity index (χ2n) is 5.20. The van der Waals surface area contributed by atoms with Gasteiger partial charge in [-0.1, -0.05) is 0 Å². The third kappa shape index (κ3) is 4.09. The second-order valence-corrected chi connectivity index (χ2v) is 6.34. The lowest BCUT2D eigenvalue weighted by Crippen LogP contribution is -2.37. The maximum absolute atomic E-state index is 12.4. The summed E-state index contributed by atoms with van der Waals surface area (Å²) >= 11 is 1.46. The van der Waals surface area contributed by atoms with Crippen molar-refractivity contribution in [2.75, 3.05) is 26.0 Å². The lowest BCUT2D eigenvalue weighted by Gasteiger charge is -2.25. The van der Waals surface area contributed by atoms with Crippen molar-refractivity contribution in [2.24, 2.45) is 0 Å². The molecule has 0 aliphatic carbocycles. The summed E-state index contributed by atoms with van der Waals surface area (Å²) in [7, 11) is 1.49. The molecule has 6 nitrogen and oxygen atoms in total. The van der Waals surface area contributed by atoms with Crippen molar-refractivity contribution in [3.63, 3.8) is 0 Å². The summed E-state index contributed by atoms with van der Waals surface area (Å²) in [6.45, 7) is 3.79. The van der Waals surface area contributed by atoms with Crippen LogP contribution in [0.2, 0.25) is 0 Å². The van der Waals surface area contributed by atoms with Gasteiger partial charge in [0.25, 0.3) is 5.91 Å². The first-order valence-corrected chi connectivity index (χ1v) is 8.32. The molecule has 0 atom stereocenters. The number of benzene rings is 1. The lowest BCUT2D eigenvalue weighted by atomic mass is 10.1. The number of ether oxygens (including phenoxy) is 2. The number of hydrogen-bond donors (Lipinski definition) is 0. The monoisotopic (exact) mass is 346 g/mol. The molecule has 1 amide bonds. The van der Waals surface area contributed by atoms with Gasteiger partial charge in [0, 0.05) is 19.2 Å². The van der Waals surface area contributed by atoms with Gasteiger partial charge in [0.15, 0.2) is 11.5 Å². The van der Waals surface area contributed by atoms with E-state index in [1.165, 1.54) is 30.7 Å². The Morgan fingerprint density at radius 1 is 1.50 bits per heavy atom. The third-order valence-corrected chi connectivity index (χ3v) is 4.39. The third-order valence-electron chi connectivity index (χ3n) is 3.40. The Bertz CT molecular complexity index is 737. The molecule has 0 radical (unpaired) electrons. The highest BCUT2D eigenvalue weighted by molar-refractivity contribution is 8.04. The van der Waals surface area contributed by atoms with Gasteiger partial charge in [0.1, 0.15) is 6.54 Å². The Morgan fingerprint density at radius 2 is 2.25 bits per heavy atom. The number of esters is 1. The van der Waals surface area contributed by atoms with E-state index in [9.17, 15) is 9.59 Å². The van der Waals surface area contributed by atoms with Crippen molar-refractivity contribution in [1.82, 2.24) is 4.90 Å². The van der Waals surface area contributed by atoms with Crippen molar-refractivity contribution >= 4 is 29.7 Å². The Morgan fingerprint density at radius 3 is 2.88 bits per heavy atom. The predicted molar refractivity (Wildman–Crippen MR) is 91.7 cm³/mol. The maximum Gasteiger partial charge on any atom is 0.308 e. The van der Waals surface area contributed by atoms with E-state index < -0.39 is 5.97 Å². The fourth-order valence-corrected chi connectivity index (χ4v) is 3.36. The van der Waals surface area contributed by atoms with Crippen LogP contribution in [0.15, 0.2) is 17.0 Å². The molecule has 1 aliphatic rings. The minimum absolute atomic E-state index is 0.0878. The standard InChI is InChI=1S/C17H18N2O4S/c1-11-8-13(9-14(22-3)16(11)23-12(2)20)10-15-17(21)19(5-4-18)6-7-24-15/h8-10H,5-7H2,1-3H3. The van der Waals surface area contributed by atoms with E-state index in [0.717, 1.165) is 16.9 Å². The summed E-state index contributed by atoms with van der Waals surface area (Å²) in [5.41, 5.74) is 1.51. The van der Waals surface area contributed by atoms with Gasteiger partial charge in [0.05, 0.1) is 18.1 Å². The molecule has 24 heavy (non-hydrogen) atoms. The number of thioether (sulfide) groups is 1. The number of nitrogens with zero attached hydrogens (tertiary/aromatic N) is 2. The molecule has 0 bridgehead atoms. The van der Waals surface area contributed by atoms with Crippen LogP contribution in [0, 0.1) is 18.3 Å². The van der Waals surface area contributed by atoms with E-state index in [2.05, 4.69) is 0 Å². The van der Waals surface area contributed by atoms with Gasteiger partial charge in [-0.15, -0.1) is 11.8 Å². The molecule has 1 saturated heterocycles. The Hall–Kier alpha value is -2.46. The van der Waals surface area contributed by atoms with Crippen molar-refractivity contribution < 1.29 is 19.1 Å². The number of carbonyl (C=O) groups excluding carboxylic acids is 2. The molecule has 0 spiro atoms. The zero-order chi connectivity index (χ0) is 17.7. The number of carbonyl (C=O) groups is 2. The molecule has 1 heterocycles. The Labute approximate surface area is 145 Å². The topological polar surface area (TPSA) is 79.6 Å². The average Bonchev–Trinajstić information content (AvgIpc) is 2.53. The first kappa shape index (κ1) is 17.9. The summed E-state index contributed by atoms with van der Waals surface area (Å²) in [5.74, 6) is 0.988. The van der Waals surface area contributed by atoms with E-state index in [4.69, 9.17) is 14.7 Å². The maximum atomic E-state index is 12.4. The SMILES string of the molecule is COc1cc(C=C2SCCN(CC#N)C2=O)cc(C)c1OC(C)=O. The highest BCUT2D eigenvalue weighted by atomic mass is 32.2. The molecule has 0 N–H and O–H groups in total. The molecule has 0 saturated carbocycles. The van der Waals surface area contributed by atoms with Gasteiger partial charge in [-0.3, -0.25) is 9.59 Å². The summed E-state index contributed by atoms with van der Waals surface area (Å²) < 4.78 is 10.5. The first-order chi connectivity index (χ1) is 11.5. The van der Waals surface area contributed by atoms with Crippen LogP contribution in [-0.2, 0) is 9.59 Å². The van der Waals surface area contributed by atoms with E-state index in [0.29, 0.717) is 22.9 Å². The highest BCUT2D eigenvalue weighted by Gasteiger charge is 2.23. The minimum atomic E-state index is -0.423. The van der Waals surface area contributed by atoms with Crippen molar-refractivity contribution in [3.05, 3.63) is 28.2 Å².